The van der Waals surface area contributed by atoms with Crippen molar-refractivity contribution >= 4 is 22.5 Å². The van der Waals surface area contributed by atoms with Gasteiger partial charge in [-0.25, -0.2) is 0 Å². The molecular weight excluding hydrogens is 484 g/mol. The second-order valence-electron chi connectivity index (χ2n) is 9.21. The molecular formula is C34H26N2O3. The van der Waals surface area contributed by atoms with E-state index < -0.39 is 6.04 Å². The summed E-state index contributed by atoms with van der Waals surface area (Å²) in [7, 11) is 0. The number of pyridine rings is 1. The first-order valence-corrected chi connectivity index (χ1v) is 12.9. The highest BCUT2D eigenvalue weighted by atomic mass is 16.5. The molecule has 1 aliphatic rings. The minimum absolute atomic E-state index is 0.108. The Hall–Kier alpha value is -5.08. The Morgan fingerprint density at radius 1 is 0.744 bits per heavy atom. The van der Waals surface area contributed by atoms with Crippen molar-refractivity contribution in [3.8, 4) is 23.3 Å². The lowest BCUT2D eigenvalue weighted by Gasteiger charge is -2.39. The molecule has 1 aromatic heterocycles. The molecule has 4 aromatic carbocycles. The van der Waals surface area contributed by atoms with Crippen LogP contribution >= 0.6 is 0 Å². The van der Waals surface area contributed by atoms with Gasteiger partial charge in [0.25, 0.3) is 5.91 Å². The van der Waals surface area contributed by atoms with Crippen LogP contribution in [0.1, 0.15) is 21.8 Å². The molecule has 1 aliphatic heterocycles. The summed E-state index contributed by atoms with van der Waals surface area (Å²) >= 11 is 0. The van der Waals surface area contributed by atoms with Crippen molar-refractivity contribution < 1.29 is 14.3 Å². The van der Waals surface area contributed by atoms with Crippen molar-refractivity contribution in [1.29, 1.82) is 0 Å². The quantitative estimate of drug-likeness (QED) is 0.245. The highest BCUT2D eigenvalue weighted by Gasteiger charge is 2.41. The third-order valence-corrected chi connectivity index (χ3v) is 6.82. The maximum Gasteiger partial charge on any atom is 0.259 e. The van der Waals surface area contributed by atoms with Crippen molar-refractivity contribution in [3.05, 3.63) is 133 Å². The molecule has 5 nitrogen and oxygen atoms in total. The highest BCUT2D eigenvalue weighted by molar-refractivity contribution is 6.12. The summed E-state index contributed by atoms with van der Waals surface area (Å²) in [5, 5.41) is 0.956. The molecule has 39 heavy (non-hydrogen) atoms. The van der Waals surface area contributed by atoms with Crippen molar-refractivity contribution in [1.82, 2.24) is 4.98 Å². The van der Waals surface area contributed by atoms with Crippen molar-refractivity contribution in [2.45, 2.75) is 12.0 Å². The van der Waals surface area contributed by atoms with Crippen molar-refractivity contribution in [2.24, 2.45) is 0 Å². The summed E-state index contributed by atoms with van der Waals surface area (Å²) in [6.07, 6.45) is 1.75. The van der Waals surface area contributed by atoms with Gasteiger partial charge in [0.1, 0.15) is 24.1 Å². The molecule has 2 heterocycles. The first-order chi connectivity index (χ1) is 19.3. The number of hydrogen-bond donors (Lipinski definition) is 0. The van der Waals surface area contributed by atoms with E-state index in [0.717, 1.165) is 33.7 Å². The number of hydrogen-bond acceptors (Lipinski definition) is 4. The number of benzene rings is 4. The van der Waals surface area contributed by atoms with Gasteiger partial charge in [-0.15, -0.1) is 0 Å². The molecule has 2 atom stereocenters. The number of anilines is 1. The van der Waals surface area contributed by atoms with Gasteiger partial charge in [-0.05, 0) is 48.0 Å². The van der Waals surface area contributed by atoms with Crippen molar-refractivity contribution in [2.75, 3.05) is 18.1 Å². The van der Waals surface area contributed by atoms with E-state index in [1.165, 1.54) is 0 Å². The topological polar surface area (TPSA) is 51.7 Å². The van der Waals surface area contributed by atoms with Crippen molar-refractivity contribution in [3.63, 3.8) is 0 Å². The minimum atomic E-state index is -0.497. The first-order valence-electron chi connectivity index (χ1n) is 12.9. The summed E-state index contributed by atoms with van der Waals surface area (Å²) in [6.45, 7) is 0.548. The van der Waals surface area contributed by atoms with Crippen LogP contribution in [0.15, 0.2) is 121 Å². The maximum absolute atomic E-state index is 14.1. The molecule has 0 saturated heterocycles. The van der Waals surface area contributed by atoms with Crippen LogP contribution in [0.25, 0.3) is 10.9 Å². The Morgan fingerprint density at radius 2 is 1.44 bits per heavy atom. The zero-order valence-corrected chi connectivity index (χ0v) is 21.2. The number of para-hydroxylation sites is 3. The number of aromatic nitrogens is 1. The van der Waals surface area contributed by atoms with Crippen LogP contribution in [0.3, 0.4) is 0 Å². The fourth-order valence-electron chi connectivity index (χ4n) is 4.99. The van der Waals surface area contributed by atoms with Gasteiger partial charge < -0.3 is 9.47 Å². The standard InChI is InChI=1S/C34H26N2O3/c37-34-29-19-8-7-18-28(29)30(24-39-27-16-5-2-6-17-27)31(21-11-23-38-26-14-3-1-4-15-26)36(34)32-20-9-12-25-13-10-22-35-33(25)32/h1-10,12-20,22,30-31H,23-24H2. The number of ether oxygens (including phenoxy) is 2. The van der Waals surface area contributed by atoms with E-state index in [1.807, 2.05) is 115 Å². The Kier molecular flexibility index (Phi) is 6.92. The smallest absolute Gasteiger partial charge is 0.259 e. The number of carbonyl (C=O) groups is 1. The summed E-state index contributed by atoms with van der Waals surface area (Å²) in [5.41, 5.74) is 3.04. The van der Waals surface area contributed by atoms with E-state index >= 15 is 0 Å². The molecule has 5 heteroatoms. The number of carbonyl (C=O) groups excluding carboxylic acids is 1. The van der Waals surface area contributed by atoms with E-state index in [-0.39, 0.29) is 18.4 Å². The molecule has 0 fully saturated rings. The van der Waals surface area contributed by atoms with Crippen LogP contribution in [-0.4, -0.2) is 30.1 Å². The zero-order chi connectivity index (χ0) is 26.4. The zero-order valence-electron chi connectivity index (χ0n) is 21.2. The number of amides is 1. The number of rotatable bonds is 6. The highest BCUT2D eigenvalue weighted by Crippen LogP contribution is 2.38. The van der Waals surface area contributed by atoms with E-state index in [2.05, 4.69) is 16.8 Å². The van der Waals surface area contributed by atoms with Gasteiger partial charge in [-0.1, -0.05) is 84.6 Å². The summed E-state index contributed by atoms with van der Waals surface area (Å²) in [4.78, 5) is 20.5. The van der Waals surface area contributed by atoms with E-state index in [4.69, 9.17) is 9.47 Å². The van der Waals surface area contributed by atoms with Gasteiger partial charge in [0.15, 0.2) is 0 Å². The Balaban J connectivity index is 1.43. The van der Waals surface area contributed by atoms with Crippen LogP contribution in [0.2, 0.25) is 0 Å². The molecule has 1 amide bonds. The lowest BCUT2D eigenvalue weighted by atomic mass is 9.83. The predicted octanol–water partition coefficient (Wildman–Crippen LogP) is 6.51. The Bertz CT molecular complexity index is 1650. The van der Waals surface area contributed by atoms with Gasteiger partial charge in [0, 0.05) is 17.1 Å². The Morgan fingerprint density at radius 3 is 2.23 bits per heavy atom. The van der Waals surface area contributed by atoms with Crippen LogP contribution in [0.4, 0.5) is 5.69 Å². The number of fused-ring (bicyclic) bond motifs is 2. The van der Waals surface area contributed by atoms with Gasteiger partial charge in [-0.2, -0.15) is 0 Å². The minimum Gasteiger partial charge on any atom is -0.493 e. The van der Waals surface area contributed by atoms with Gasteiger partial charge in [-0.3, -0.25) is 14.7 Å². The summed E-state index contributed by atoms with van der Waals surface area (Å²) in [5.74, 6) is 7.77. The molecule has 6 rings (SSSR count). The van der Waals surface area contributed by atoms with E-state index in [0.29, 0.717) is 12.2 Å². The van der Waals surface area contributed by atoms with Crippen LogP contribution < -0.4 is 14.4 Å². The monoisotopic (exact) mass is 510 g/mol. The predicted molar refractivity (Wildman–Crippen MR) is 153 cm³/mol. The third kappa shape index (κ3) is 5.05. The van der Waals surface area contributed by atoms with Crippen LogP contribution in [0.5, 0.6) is 11.5 Å². The van der Waals surface area contributed by atoms with E-state index in [9.17, 15) is 4.79 Å². The largest absolute Gasteiger partial charge is 0.493 e. The summed E-state index contributed by atoms with van der Waals surface area (Å²) in [6, 6.07) is 36.3. The second-order valence-corrected chi connectivity index (χ2v) is 9.21. The fourth-order valence-corrected chi connectivity index (χ4v) is 4.99. The molecule has 0 saturated carbocycles. The van der Waals surface area contributed by atoms with Gasteiger partial charge in [0.2, 0.25) is 0 Å². The molecule has 2 unspecified atom stereocenters. The lowest BCUT2D eigenvalue weighted by Crippen LogP contribution is -2.49. The molecule has 190 valence electrons. The molecule has 0 bridgehead atoms. The molecule has 0 spiro atoms. The van der Waals surface area contributed by atoms with Crippen LogP contribution in [0, 0.1) is 11.8 Å². The van der Waals surface area contributed by atoms with Crippen LogP contribution in [-0.2, 0) is 0 Å². The Labute approximate surface area is 227 Å². The summed E-state index contributed by atoms with van der Waals surface area (Å²) < 4.78 is 12.1. The maximum atomic E-state index is 14.1. The second kappa shape index (κ2) is 11.1. The third-order valence-electron chi connectivity index (χ3n) is 6.82. The van der Waals surface area contributed by atoms with E-state index in [1.54, 1.807) is 11.1 Å². The lowest BCUT2D eigenvalue weighted by molar-refractivity contribution is 0.0963. The average Bonchev–Trinajstić information content (AvgIpc) is 3.00. The molecule has 0 aliphatic carbocycles. The van der Waals surface area contributed by atoms with Gasteiger partial charge >= 0.3 is 0 Å². The fraction of sp³-hybridized carbons (Fsp3) is 0.118. The SMILES string of the molecule is O=C1c2ccccc2C(COc2ccccc2)C(C#CCOc2ccccc2)N1c1cccc2cccnc12. The molecule has 5 aromatic rings. The van der Waals surface area contributed by atoms with Gasteiger partial charge in [0.05, 0.1) is 23.7 Å². The normalized spacial score (nSPS) is 16.2. The first kappa shape index (κ1) is 24.3. The average molecular weight is 511 g/mol. The molecule has 0 radical (unpaired) electrons. The number of nitrogens with zero attached hydrogens (tertiary/aromatic N) is 2. The molecule has 0 N–H and O–H groups in total.